The van der Waals surface area contributed by atoms with Gasteiger partial charge in [0.25, 0.3) is 0 Å². The van der Waals surface area contributed by atoms with Gasteiger partial charge in [0.15, 0.2) is 5.78 Å². The molecule has 1 atom stereocenters. The third-order valence-electron chi connectivity index (χ3n) is 8.71. The van der Waals surface area contributed by atoms with Crippen molar-refractivity contribution in [3.05, 3.63) is 107 Å². The molecule has 2 fully saturated rings. The Balaban J connectivity index is 1.63. The summed E-state index contributed by atoms with van der Waals surface area (Å²) in [5.74, 6) is 1.03. The zero-order valence-electron chi connectivity index (χ0n) is 26.3. The van der Waals surface area contributed by atoms with Gasteiger partial charge in [-0.15, -0.1) is 5.73 Å². The van der Waals surface area contributed by atoms with E-state index in [1.807, 2.05) is 18.3 Å². The third kappa shape index (κ3) is 7.95. The normalized spacial score (nSPS) is 20.6. The fourth-order valence-corrected chi connectivity index (χ4v) is 5.65. The van der Waals surface area contributed by atoms with E-state index < -0.39 is 0 Å². The summed E-state index contributed by atoms with van der Waals surface area (Å²) in [6.45, 7) is 21.1. The van der Waals surface area contributed by atoms with Crippen LogP contribution in [-0.2, 0) is 4.79 Å². The summed E-state index contributed by atoms with van der Waals surface area (Å²) in [4.78, 5) is 25.0. The van der Waals surface area contributed by atoms with Gasteiger partial charge in [-0.25, -0.2) is 0 Å². The van der Waals surface area contributed by atoms with Crippen LogP contribution >= 0.6 is 0 Å². The van der Waals surface area contributed by atoms with E-state index in [1.165, 1.54) is 48.1 Å². The van der Waals surface area contributed by atoms with Crippen molar-refractivity contribution >= 4 is 22.8 Å². The van der Waals surface area contributed by atoms with Crippen molar-refractivity contribution in [1.82, 2.24) is 9.88 Å². The van der Waals surface area contributed by atoms with Crippen LogP contribution in [0.3, 0.4) is 0 Å². The molecule has 0 spiro atoms. The monoisotopic (exact) mass is 561 g/mol. The quantitative estimate of drug-likeness (QED) is 0.131. The number of aromatic nitrogens is 1. The van der Waals surface area contributed by atoms with E-state index >= 15 is 0 Å². The lowest BCUT2D eigenvalue weighted by molar-refractivity contribution is -0.111. The van der Waals surface area contributed by atoms with E-state index in [2.05, 4.69) is 87.7 Å². The van der Waals surface area contributed by atoms with Crippen LogP contribution in [-0.4, -0.2) is 34.5 Å². The Labute approximate surface area is 253 Å². The van der Waals surface area contributed by atoms with Crippen molar-refractivity contribution in [3.8, 4) is 0 Å². The van der Waals surface area contributed by atoms with Gasteiger partial charge in [-0.3, -0.25) is 14.8 Å². The van der Waals surface area contributed by atoms with Crippen LogP contribution in [0.4, 0.5) is 0 Å². The minimum atomic E-state index is -0.0963. The average Bonchev–Trinajstić information content (AvgIpc) is 3.85. The maximum atomic E-state index is 13.0. The Morgan fingerprint density at radius 3 is 2.62 bits per heavy atom. The van der Waals surface area contributed by atoms with E-state index in [1.54, 1.807) is 6.08 Å². The van der Waals surface area contributed by atoms with E-state index in [-0.39, 0.29) is 5.78 Å². The number of likely N-dealkylation sites (tertiary alicyclic amines) is 1. The SMILES string of the molecule is C=C1CC(/C=C\C(=C/C)N2CCC(=C)C(CCC)CC2)=NC(c2cc(C(=C=C(C)/C(C)=C\C)C3CC3)ccn2)=CC1=O. The molecule has 0 N–H and O–H groups in total. The molecule has 4 heteroatoms. The van der Waals surface area contributed by atoms with Gasteiger partial charge in [0.2, 0.25) is 0 Å². The predicted molar refractivity (Wildman–Crippen MR) is 178 cm³/mol. The van der Waals surface area contributed by atoms with Crippen LogP contribution in [0.1, 0.15) is 90.8 Å². The second kappa shape index (κ2) is 14.4. The van der Waals surface area contributed by atoms with Crippen LogP contribution in [0.2, 0.25) is 0 Å². The fraction of sp³-hybridized carbons (Fsp3) is 0.421. The predicted octanol–water partition coefficient (Wildman–Crippen LogP) is 9.23. The molecule has 1 saturated carbocycles. The molecule has 1 aromatic rings. The number of aliphatic imine (C=N–C) groups is 1. The van der Waals surface area contributed by atoms with Gasteiger partial charge in [-0.05, 0) is 118 Å². The van der Waals surface area contributed by atoms with Crippen molar-refractivity contribution in [1.29, 1.82) is 0 Å². The highest BCUT2D eigenvalue weighted by molar-refractivity contribution is 6.15. The van der Waals surface area contributed by atoms with E-state index in [0.717, 1.165) is 42.8 Å². The highest BCUT2D eigenvalue weighted by Gasteiger charge is 2.28. The molecule has 1 saturated heterocycles. The molecule has 4 rings (SSSR count). The maximum Gasteiger partial charge on any atom is 0.183 e. The lowest BCUT2D eigenvalue weighted by atomic mass is 9.91. The number of nitrogens with zero attached hydrogens (tertiary/aromatic N) is 3. The second-order valence-corrected chi connectivity index (χ2v) is 11.8. The third-order valence-corrected chi connectivity index (χ3v) is 8.71. The summed E-state index contributed by atoms with van der Waals surface area (Å²) in [6.07, 6.45) is 19.2. The molecule has 1 unspecified atom stereocenters. The smallest absolute Gasteiger partial charge is 0.183 e. The van der Waals surface area contributed by atoms with Gasteiger partial charge >= 0.3 is 0 Å². The minimum Gasteiger partial charge on any atom is -0.371 e. The number of carbonyl (C=O) groups is 1. The molecule has 0 radical (unpaired) electrons. The molecule has 1 aromatic heterocycles. The van der Waals surface area contributed by atoms with Gasteiger partial charge in [0, 0.05) is 48.8 Å². The van der Waals surface area contributed by atoms with Crippen molar-refractivity contribution < 1.29 is 4.79 Å². The van der Waals surface area contributed by atoms with Crippen LogP contribution in [0.25, 0.3) is 11.3 Å². The standard InChI is InChI=1S/C38H47N3O/c1-8-11-30-18-21-41(20-17-27(30)5)34(10-3)15-14-33-22-29(7)38(42)25-37(40-33)36-24-32(16-19-39-36)35(31-12-13-31)23-28(6)26(4)9-2/h9-10,14-16,19,24-25,30-31H,5,7-8,11-13,17-18,20-22H2,1-4,6H3/b15-14-,26-9-,34-10+. The molecule has 220 valence electrons. The number of hydrogen-bond donors (Lipinski definition) is 0. The highest BCUT2D eigenvalue weighted by Crippen LogP contribution is 2.42. The first-order chi connectivity index (χ1) is 20.2. The summed E-state index contributed by atoms with van der Waals surface area (Å²) < 4.78 is 0. The zero-order chi connectivity index (χ0) is 30.2. The summed E-state index contributed by atoms with van der Waals surface area (Å²) in [6, 6.07) is 4.11. The molecular weight excluding hydrogens is 514 g/mol. The zero-order valence-corrected chi connectivity index (χ0v) is 26.3. The topological polar surface area (TPSA) is 45.6 Å². The highest BCUT2D eigenvalue weighted by atomic mass is 16.1. The number of hydrogen-bond acceptors (Lipinski definition) is 4. The summed E-state index contributed by atoms with van der Waals surface area (Å²) in [5, 5.41) is 0. The van der Waals surface area contributed by atoms with Gasteiger partial charge in [-0.1, -0.05) is 44.2 Å². The number of pyridine rings is 1. The van der Waals surface area contributed by atoms with Crippen LogP contribution in [0, 0.1) is 11.8 Å². The molecule has 3 aliphatic rings. The maximum absolute atomic E-state index is 13.0. The molecule has 0 amide bonds. The summed E-state index contributed by atoms with van der Waals surface area (Å²) in [5.41, 5.74) is 13.5. The van der Waals surface area contributed by atoms with Gasteiger partial charge < -0.3 is 4.90 Å². The van der Waals surface area contributed by atoms with Gasteiger partial charge in [0.1, 0.15) is 0 Å². The first kappa shape index (κ1) is 31.2. The van der Waals surface area contributed by atoms with Crippen molar-refractivity contribution in [3.63, 3.8) is 0 Å². The van der Waals surface area contributed by atoms with Gasteiger partial charge in [0.05, 0.1) is 11.4 Å². The van der Waals surface area contributed by atoms with E-state index in [9.17, 15) is 4.79 Å². The molecule has 4 nitrogen and oxygen atoms in total. The molecule has 0 bridgehead atoms. The fourth-order valence-electron chi connectivity index (χ4n) is 5.65. The number of carbonyl (C=O) groups excluding carboxylic acids is 1. The van der Waals surface area contributed by atoms with E-state index in [0.29, 0.717) is 35.2 Å². The number of ketones is 1. The molecule has 2 aliphatic heterocycles. The van der Waals surface area contributed by atoms with Crippen molar-refractivity contribution in [2.45, 2.75) is 79.6 Å². The first-order valence-electron chi connectivity index (χ1n) is 15.6. The largest absolute Gasteiger partial charge is 0.371 e. The number of allylic oxidation sites excluding steroid dienone is 8. The Kier molecular flexibility index (Phi) is 10.7. The Morgan fingerprint density at radius 1 is 1.14 bits per heavy atom. The van der Waals surface area contributed by atoms with Crippen molar-refractivity contribution in [2.75, 3.05) is 13.1 Å². The lowest BCUT2D eigenvalue weighted by Gasteiger charge is -2.24. The van der Waals surface area contributed by atoms with Crippen LogP contribution < -0.4 is 0 Å². The van der Waals surface area contributed by atoms with E-state index in [4.69, 9.17) is 4.99 Å². The first-order valence-corrected chi connectivity index (χ1v) is 15.6. The van der Waals surface area contributed by atoms with Gasteiger partial charge in [-0.2, -0.15) is 0 Å². The Hall–Kier alpha value is -3.75. The lowest BCUT2D eigenvalue weighted by Crippen LogP contribution is -2.23. The number of rotatable bonds is 9. The summed E-state index contributed by atoms with van der Waals surface area (Å²) in [7, 11) is 0. The molecular formula is C38H47N3O. The van der Waals surface area contributed by atoms with Crippen LogP contribution in [0.15, 0.2) is 101 Å². The molecule has 1 aliphatic carbocycles. The molecule has 42 heavy (non-hydrogen) atoms. The molecule has 3 heterocycles. The summed E-state index contributed by atoms with van der Waals surface area (Å²) >= 11 is 0. The Bertz CT molecular complexity index is 1450. The molecule has 0 aromatic carbocycles. The minimum absolute atomic E-state index is 0.0963. The second-order valence-electron chi connectivity index (χ2n) is 11.8. The average molecular weight is 562 g/mol. The van der Waals surface area contributed by atoms with Crippen LogP contribution in [0.5, 0.6) is 0 Å². The van der Waals surface area contributed by atoms with Crippen molar-refractivity contribution in [2.24, 2.45) is 16.8 Å². The Morgan fingerprint density at radius 2 is 1.93 bits per heavy atom.